The summed E-state index contributed by atoms with van der Waals surface area (Å²) >= 11 is 0. The Labute approximate surface area is 76.1 Å². The second-order valence-corrected chi connectivity index (χ2v) is 3.41. The minimum Gasteiger partial charge on any atom is -0.458 e. The lowest BCUT2D eigenvalue weighted by atomic mass is 10.1. The van der Waals surface area contributed by atoms with Crippen LogP contribution >= 0.6 is 0 Å². The Morgan fingerprint density at radius 2 is 2.08 bits per heavy atom. The predicted octanol–water partition coefficient (Wildman–Crippen LogP) is 2.81. The maximum Gasteiger partial charge on any atom is 0.139 e. The highest BCUT2D eigenvalue weighted by Gasteiger charge is 2.30. The lowest BCUT2D eigenvalue weighted by molar-refractivity contribution is 0.376. The molecule has 1 aromatic heterocycles. The Hall–Kier alpha value is -1.28. The van der Waals surface area contributed by atoms with E-state index in [-0.39, 0.29) is 6.10 Å². The van der Waals surface area contributed by atoms with Gasteiger partial charge < -0.3 is 9.15 Å². The molecule has 1 fully saturated rings. The summed E-state index contributed by atoms with van der Waals surface area (Å²) < 4.78 is 10.9. The van der Waals surface area contributed by atoms with Gasteiger partial charge in [-0.1, -0.05) is 18.2 Å². The maximum atomic E-state index is 5.70. The van der Waals surface area contributed by atoms with E-state index in [0.717, 1.165) is 18.0 Å². The van der Waals surface area contributed by atoms with Gasteiger partial charge in [0.2, 0.25) is 0 Å². The second kappa shape index (κ2) is 2.36. The number of fused-ring (bicyclic) bond motifs is 1. The molecule has 0 radical (unpaired) electrons. The average Bonchev–Trinajstić information content (AvgIpc) is 2.94. The van der Waals surface area contributed by atoms with Crippen molar-refractivity contribution in [2.45, 2.75) is 13.0 Å². The summed E-state index contributed by atoms with van der Waals surface area (Å²) in [6, 6.07) is 8.10. The molecule has 2 nitrogen and oxygen atoms in total. The quantitative estimate of drug-likeness (QED) is 0.621. The largest absolute Gasteiger partial charge is 0.458 e. The van der Waals surface area contributed by atoms with Gasteiger partial charge >= 0.3 is 0 Å². The molecule has 66 valence electrons. The van der Waals surface area contributed by atoms with Gasteiger partial charge in [-0.2, -0.15) is 0 Å². The molecular formula is C11H10O2. The molecule has 2 heterocycles. The first kappa shape index (κ1) is 7.15. The van der Waals surface area contributed by atoms with Crippen molar-refractivity contribution >= 4 is 11.0 Å². The zero-order chi connectivity index (χ0) is 8.84. The first-order chi connectivity index (χ1) is 6.36. The van der Waals surface area contributed by atoms with E-state index in [2.05, 4.69) is 13.0 Å². The first-order valence-electron chi connectivity index (χ1n) is 4.46. The normalized spacial score (nSPS) is 20.8. The van der Waals surface area contributed by atoms with E-state index in [9.17, 15) is 0 Å². The molecule has 1 aliphatic heterocycles. The average molecular weight is 174 g/mol. The molecule has 0 amide bonds. The van der Waals surface area contributed by atoms with Crippen LogP contribution in [-0.4, -0.2) is 6.61 Å². The van der Waals surface area contributed by atoms with Crippen LogP contribution in [0.4, 0.5) is 0 Å². The van der Waals surface area contributed by atoms with Crippen LogP contribution < -0.4 is 0 Å². The third kappa shape index (κ3) is 0.988. The van der Waals surface area contributed by atoms with E-state index < -0.39 is 0 Å². The summed E-state index contributed by atoms with van der Waals surface area (Å²) in [7, 11) is 0. The van der Waals surface area contributed by atoms with E-state index in [1.807, 2.05) is 18.2 Å². The highest BCUT2D eigenvalue weighted by Crippen LogP contribution is 2.37. The molecule has 0 bridgehead atoms. The maximum absolute atomic E-state index is 5.70. The van der Waals surface area contributed by atoms with Crippen molar-refractivity contribution < 1.29 is 9.15 Å². The Kier molecular flexibility index (Phi) is 1.30. The van der Waals surface area contributed by atoms with Crippen LogP contribution in [0.5, 0.6) is 0 Å². The summed E-state index contributed by atoms with van der Waals surface area (Å²) in [6.07, 6.45) is 0.215. The molecule has 2 aromatic rings. The van der Waals surface area contributed by atoms with Crippen LogP contribution in [0.3, 0.4) is 0 Å². The molecule has 0 N–H and O–H groups in total. The predicted molar refractivity (Wildman–Crippen MR) is 49.6 cm³/mol. The van der Waals surface area contributed by atoms with Crippen molar-refractivity contribution in [1.82, 2.24) is 0 Å². The van der Waals surface area contributed by atoms with Crippen LogP contribution in [0, 0.1) is 6.92 Å². The third-order valence-corrected chi connectivity index (χ3v) is 2.51. The number of benzene rings is 1. The van der Waals surface area contributed by atoms with Gasteiger partial charge in [-0.15, -0.1) is 0 Å². The van der Waals surface area contributed by atoms with Gasteiger partial charge in [0, 0.05) is 10.9 Å². The van der Waals surface area contributed by atoms with Crippen molar-refractivity contribution in [3.05, 3.63) is 35.6 Å². The fraction of sp³-hybridized carbons (Fsp3) is 0.273. The van der Waals surface area contributed by atoms with Gasteiger partial charge in [0.15, 0.2) is 0 Å². The molecule has 3 rings (SSSR count). The minimum atomic E-state index is 0.215. The van der Waals surface area contributed by atoms with Gasteiger partial charge in [0.1, 0.15) is 17.4 Å². The van der Waals surface area contributed by atoms with E-state index in [1.165, 1.54) is 10.9 Å². The topological polar surface area (TPSA) is 25.7 Å². The smallest absolute Gasteiger partial charge is 0.139 e. The van der Waals surface area contributed by atoms with Crippen LogP contribution in [0.25, 0.3) is 11.0 Å². The van der Waals surface area contributed by atoms with Gasteiger partial charge in [-0.05, 0) is 13.0 Å². The SMILES string of the molecule is Cc1c([C@H]2CO2)oc2ccccc12. The third-order valence-electron chi connectivity index (χ3n) is 2.51. The summed E-state index contributed by atoms with van der Waals surface area (Å²) in [5.74, 6) is 1.00. The Morgan fingerprint density at radius 3 is 2.77 bits per heavy atom. The number of hydrogen-bond acceptors (Lipinski definition) is 2. The monoisotopic (exact) mass is 174 g/mol. The number of aryl methyl sites for hydroxylation is 1. The lowest BCUT2D eigenvalue weighted by Crippen LogP contribution is -1.78. The fourth-order valence-electron chi connectivity index (χ4n) is 1.70. The molecule has 2 heteroatoms. The van der Waals surface area contributed by atoms with Crippen molar-refractivity contribution in [3.8, 4) is 0 Å². The van der Waals surface area contributed by atoms with Crippen molar-refractivity contribution in [2.24, 2.45) is 0 Å². The highest BCUT2D eigenvalue weighted by molar-refractivity contribution is 5.82. The molecule has 1 saturated heterocycles. The zero-order valence-electron chi connectivity index (χ0n) is 7.41. The van der Waals surface area contributed by atoms with E-state index >= 15 is 0 Å². The van der Waals surface area contributed by atoms with Gasteiger partial charge in [-0.3, -0.25) is 0 Å². The molecule has 0 spiro atoms. The lowest BCUT2D eigenvalue weighted by Gasteiger charge is -1.88. The second-order valence-electron chi connectivity index (χ2n) is 3.41. The molecule has 1 atom stereocenters. The van der Waals surface area contributed by atoms with Crippen molar-refractivity contribution in [1.29, 1.82) is 0 Å². The summed E-state index contributed by atoms with van der Waals surface area (Å²) in [5.41, 5.74) is 2.18. The van der Waals surface area contributed by atoms with Crippen LogP contribution in [0.15, 0.2) is 28.7 Å². The summed E-state index contributed by atoms with van der Waals surface area (Å²) in [6.45, 7) is 2.89. The number of hydrogen-bond donors (Lipinski definition) is 0. The molecule has 0 unspecified atom stereocenters. The first-order valence-corrected chi connectivity index (χ1v) is 4.46. The van der Waals surface area contributed by atoms with E-state index in [4.69, 9.17) is 9.15 Å². The number of epoxide rings is 1. The van der Waals surface area contributed by atoms with E-state index in [0.29, 0.717) is 0 Å². The van der Waals surface area contributed by atoms with Crippen LogP contribution in [0.1, 0.15) is 17.4 Å². The number of ether oxygens (including phenoxy) is 1. The van der Waals surface area contributed by atoms with Crippen molar-refractivity contribution in [3.63, 3.8) is 0 Å². The Balaban J connectivity index is 2.30. The number of furan rings is 1. The van der Waals surface area contributed by atoms with Gasteiger partial charge in [-0.25, -0.2) is 0 Å². The molecular weight excluding hydrogens is 164 g/mol. The summed E-state index contributed by atoms with van der Waals surface area (Å²) in [5, 5.41) is 1.20. The van der Waals surface area contributed by atoms with Crippen LogP contribution in [0.2, 0.25) is 0 Å². The van der Waals surface area contributed by atoms with E-state index in [1.54, 1.807) is 0 Å². The molecule has 0 saturated carbocycles. The zero-order valence-corrected chi connectivity index (χ0v) is 7.41. The standard InChI is InChI=1S/C11H10O2/c1-7-8-4-2-3-5-9(8)13-11(7)10-6-12-10/h2-5,10H,6H2,1H3/t10-/m1/s1. The van der Waals surface area contributed by atoms with Crippen molar-refractivity contribution in [2.75, 3.05) is 6.61 Å². The summed E-state index contributed by atoms with van der Waals surface area (Å²) in [4.78, 5) is 0. The molecule has 1 aromatic carbocycles. The fourth-order valence-corrected chi connectivity index (χ4v) is 1.70. The Bertz CT molecular complexity index is 452. The van der Waals surface area contributed by atoms with Gasteiger partial charge in [0.05, 0.1) is 6.61 Å². The number of rotatable bonds is 1. The molecule has 0 aliphatic carbocycles. The molecule has 1 aliphatic rings. The van der Waals surface area contributed by atoms with Crippen LogP contribution in [-0.2, 0) is 4.74 Å². The molecule has 13 heavy (non-hydrogen) atoms. The minimum absolute atomic E-state index is 0.215. The Morgan fingerprint density at radius 1 is 1.31 bits per heavy atom. The van der Waals surface area contributed by atoms with Gasteiger partial charge in [0.25, 0.3) is 0 Å². The highest BCUT2D eigenvalue weighted by atomic mass is 16.6. The number of para-hydroxylation sites is 1.